The summed E-state index contributed by atoms with van der Waals surface area (Å²) in [5.74, 6) is 0. The second kappa shape index (κ2) is 5.47. The monoisotopic (exact) mass is 248 g/mol. The minimum Gasteiger partial charge on any atom is -0.121 e. The molecule has 0 N–H and O–H groups in total. The molecule has 0 amide bonds. The van der Waals surface area contributed by atoms with Gasteiger partial charge in [0.15, 0.2) is 0 Å². The minimum absolute atomic E-state index is 0.215. The average molecular weight is 248 g/mol. The van der Waals surface area contributed by atoms with Crippen LogP contribution in [0.2, 0.25) is 0 Å². The second-order valence-corrected chi connectivity index (χ2v) is 5.49. The van der Waals surface area contributed by atoms with Gasteiger partial charge in [0.1, 0.15) is 0 Å². The molecule has 0 aliphatic heterocycles. The Hall–Kier alpha value is -1.78. The summed E-state index contributed by atoms with van der Waals surface area (Å²) < 4.78 is 0. The highest BCUT2D eigenvalue weighted by atomic mass is 14.4. The topological polar surface area (TPSA) is 0 Å². The molecular weight excluding hydrogens is 228 g/mol. The molecule has 0 atom stereocenters. The Bertz CT molecular complexity index is 545. The van der Waals surface area contributed by atoms with Crippen molar-refractivity contribution in [2.75, 3.05) is 0 Å². The van der Waals surface area contributed by atoms with Crippen LogP contribution in [-0.2, 0) is 5.41 Å². The van der Waals surface area contributed by atoms with Crippen LogP contribution in [0.1, 0.15) is 37.7 Å². The van der Waals surface area contributed by atoms with Crippen LogP contribution in [-0.4, -0.2) is 0 Å². The van der Waals surface area contributed by atoms with Crippen LogP contribution in [0, 0.1) is 0 Å². The molecule has 0 heteroatoms. The van der Waals surface area contributed by atoms with E-state index in [9.17, 15) is 0 Å². The van der Waals surface area contributed by atoms with E-state index in [4.69, 9.17) is 0 Å². The molecule has 1 saturated carbocycles. The molecule has 0 nitrogen and oxygen atoms in total. The Kier molecular flexibility index (Phi) is 3.53. The molecule has 2 aliphatic rings. The second-order valence-electron chi connectivity index (χ2n) is 5.49. The molecule has 19 heavy (non-hydrogen) atoms. The average Bonchev–Trinajstić information content (AvgIpc) is 2.78. The molecule has 0 bridgehead atoms. The summed E-state index contributed by atoms with van der Waals surface area (Å²) in [7, 11) is 0. The van der Waals surface area contributed by atoms with Crippen LogP contribution < -0.4 is 0 Å². The first-order valence-electron chi connectivity index (χ1n) is 7.27. The SMILES string of the molecule is C1=CC=CC(C2(c3ccccc3)CCCCC2)=CC=1. The van der Waals surface area contributed by atoms with Crippen molar-refractivity contribution in [2.24, 2.45) is 0 Å². The van der Waals surface area contributed by atoms with E-state index in [1.54, 1.807) is 0 Å². The lowest BCUT2D eigenvalue weighted by Gasteiger charge is -2.39. The van der Waals surface area contributed by atoms with E-state index >= 15 is 0 Å². The van der Waals surface area contributed by atoms with Crippen molar-refractivity contribution in [1.29, 1.82) is 0 Å². The molecule has 96 valence electrons. The third-order valence-electron chi connectivity index (χ3n) is 4.41. The standard InChI is InChI=1S/C19H20/c1-2-6-12-17(11-5-1)19(15-9-4-10-16-19)18-13-7-3-8-14-18/h1,3,5-8,11-14H,4,9-10,15-16H2. The summed E-state index contributed by atoms with van der Waals surface area (Å²) in [5, 5.41) is 0. The third-order valence-corrected chi connectivity index (χ3v) is 4.41. The van der Waals surface area contributed by atoms with Crippen LogP contribution >= 0.6 is 0 Å². The lowest BCUT2D eigenvalue weighted by Crippen LogP contribution is -2.30. The Balaban J connectivity index is 2.07. The highest BCUT2D eigenvalue weighted by molar-refractivity contribution is 5.45. The minimum atomic E-state index is 0.215. The summed E-state index contributed by atoms with van der Waals surface area (Å²) in [6.45, 7) is 0. The third kappa shape index (κ3) is 2.37. The fourth-order valence-corrected chi connectivity index (χ4v) is 3.43. The van der Waals surface area contributed by atoms with E-state index in [0.717, 1.165) is 0 Å². The fraction of sp³-hybridized carbons (Fsp3) is 0.316. The van der Waals surface area contributed by atoms with Crippen molar-refractivity contribution in [3.63, 3.8) is 0 Å². The molecule has 0 aromatic heterocycles. The molecule has 1 fully saturated rings. The van der Waals surface area contributed by atoms with Crippen molar-refractivity contribution in [3.8, 4) is 0 Å². The summed E-state index contributed by atoms with van der Waals surface area (Å²) in [6.07, 6.45) is 17.2. The van der Waals surface area contributed by atoms with Crippen LogP contribution in [0.25, 0.3) is 0 Å². The van der Waals surface area contributed by atoms with Crippen LogP contribution in [0.5, 0.6) is 0 Å². The first-order chi connectivity index (χ1) is 9.42. The number of allylic oxidation sites excluding steroid dienone is 5. The van der Waals surface area contributed by atoms with E-state index in [1.807, 2.05) is 6.08 Å². The summed E-state index contributed by atoms with van der Waals surface area (Å²) in [5.41, 5.74) is 6.30. The first-order valence-corrected chi connectivity index (χ1v) is 7.27. The Morgan fingerprint density at radius 1 is 0.895 bits per heavy atom. The maximum absolute atomic E-state index is 3.17. The zero-order valence-electron chi connectivity index (χ0n) is 11.3. The lowest BCUT2D eigenvalue weighted by atomic mass is 9.64. The first kappa shape index (κ1) is 12.3. The van der Waals surface area contributed by atoms with E-state index in [-0.39, 0.29) is 5.41 Å². The number of hydrogen-bond donors (Lipinski definition) is 0. The summed E-state index contributed by atoms with van der Waals surface area (Å²) >= 11 is 0. The van der Waals surface area contributed by atoms with E-state index < -0.39 is 0 Å². The summed E-state index contributed by atoms with van der Waals surface area (Å²) in [6, 6.07) is 11.0. The lowest BCUT2D eigenvalue weighted by molar-refractivity contribution is 0.345. The quantitative estimate of drug-likeness (QED) is 0.639. The fourth-order valence-electron chi connectivity index (χ4n) is 3.43. The Morgan fingerprint density at radius 3 is 2.47 bits per heavy atom. The van der Waals surface area contributed by atoms with Gasteiger partial charge in [-0.2, -0.15) is 0 Å². The van der Waals surface area contributed by atoms with Gasteiger partial charge in [0, 0.05) is 5.41 Å². The van der Waals surface area contributed by atoms with Crippen LogP contribution in [0.4, 0.5) is 0 Å². The van der Waals surface area contributed by atoms with E-state index in [1.165, 1.54) is 43.2 Å². The van der Waals surface area contributed by atoms with Crippen molar-refractivity contribution in [1.82, 2.24) is 0 Å². The normalized spacial score (nSPS) is 20.9. The van der Waals surface area contributed by atoms with E-state index in [2.05, 4.69) is 60.4 Å². The molecule has 3 rings (SSSR count). The molecule has 1 aromatic carbocycles. The molecule has 0 heterocycles. The van der Waals surface area contributed by atoms with Gasteiger partial charge in [0.2, 0.25) is 0 Å². The van der Waals surface area contributed by atoms with Gasteiger partial charge < -0.3 is 0 Å². The number of rotatable bonds is 2. The van der Waals surface area contributed by atoms with Crippen molar-refractivity contribution in [2.45, 2.75) is 37.5 Å². The van der Waals surface area contributed by atoms with Gasteiger partial charge in [-0.1, -0.05) is 67.8 Å². The predicted molar refractivity (Wildman–Crippen MR) is 81.1 cm³/mol. The number of benzene rings is 1. The zero-order chi connectivity index (χ0) is 13.0. The van der Waals surface area contributed by atoms with Crippen molar-refractivity contribution < 1.29 is 0 Å². The van der Waals surface area contributed by atoms with Crippen molar-refractivity contribution >= 4 is 0 Å². The van der Waals surface area contributed by atoms with Crippen molar-refractivity contribution in [3.05, 3.63) is 77.6 Å². The maximum Gasteiger partial charge on any atom is 0.0203 e. The van der Waals surface area contributed by atoms with Gasteiger partial charge in [0.05, 0.1) is 0 Å². The predicted octanol–water partition coefficient (Wildman–Crippen LogP) is 5.10. The maximum atomic E-state index is 3.17. The zero-order valence-corrected chi connectivity index (χ0v) is 11.3. The Labute approximate surface area is 115 Å². The van der Waals surface area contributed by atoms with Gasteiger partial charge in [-0.25, -0.2) is 0 Å². The molecule has 2 aliphatic carbocycles. The Morgan fingerprint density at radius 2 is 1.68 bits per heavy atom. The summed E-state index contributed by atoms with van der Waals surface area (Å²) in [4.78, 5) is 0. The van der Waals surface area contributed by atoms with Gasteiger partial charge in [-0.05, 0) is 36.1 Å². The molecular formula is C19H20. The van der Waals surface area contributed by atoms with Crippen LogP contribution in [0.15, 0.2) is 72.0 Å². The van der Waals surface area contributed by atoms with Gasteiger partial charge >= 0.3 is 0 Å². The molecule has 0 saturated heterocycles. The number of hydrogen-bond acceptors (Lipinski definition) is 0. The molecule has 0 spiro atoms. The van der Waals surface area contributed by atoms with Gasteiger partial charge in [0.25, 0.3) is 0 Å². The van der Waals surface area contributed by atoms with E-state index in [0.29, 0.717) is 0 Å². The highest BCUT2D eigenvalue weighted by Crippen LogP contribution is 2.45. The molecule has 1 aromatic rings. The molecule has 0 unspecified atom stereocenters. The smallest absolute Gasteiger partial charge is 0.0203 e. The largest absolute Gasteiger partial charge is 0.121 e. The van der Waals surface area contributed by atoms with Crippen LogP contribution in [0.3, 0.4) is 0 Å². The van der Waals surface area contributed by atoms with Gasteiger partial charge in [-0.15, -0.1) is 5.73 Å². The highest BCUT2D eigenvalue weighted by Gasteiger charge is 2.36. The van der Waals surface area contributed by atoms with Gasteiger partial charge in [-0.3, -0.25) is 0 Å². The molecule has 0 radical (unpaired) electrons.